The van der Waals surface area contributed by atoms with E-state index in [0.717, 1.165) is 12.1 Å². The minimum atomic E-state index is -0.361. The van der Waals surface area contributed by atoms with Crippen LogP contribution >= 0.6 is 0 Å². The Balaban J connectivity index is 1.39. The van der Waals surface area contributed by atoms with Gasteiger partial charge in [-0.15, -0.1) is 0 Å². The van der Waals surface area contributed by atoms with E-state index in [9.17, 15) is 14.9 Å². The second kappa shape index (κ2) is 10.7. The summed E-state index contributed by atoms with van der Waals surface area (Å²) in [6.45, 7) is 3.07. The number of methoxy groups -OCH3 is 1. The van der Waals surface area contributed by atoms with Crippen molar-refractivity contribution >= 4 is 23.0 Å². The zero-order chi connectivity index (χ0) is 23.9. The fourth-order valence-electron chi connectivity index (χ4n) is 4.09. The van der Waals surface area contributed by atoms with Gasteiger partial charge in [0.05, 0.1) is 12.0 Å². The molecule has 1 fully saturated rings. The number of rotatable bonds is 8. The molecule has 0 radical (unpaired) electrons. The minimum absolute atomic E-state index is 0.00531. The van der Waals surface area contributed by atoms with E-state index in [4.69, 9.17) is 4.74 Å². The van der Waals surface area contributed by atoms with Crippen molar-refractivity contribution in [1.29, 1.82) is 0 Å². The quantitative estimate of drug-likeness (QED) is 0.400. The van der Waals surface area contributed by atoms with Gasteiger partial charge in [-0.05, 0) is 48.4 Å². The van der Waals surface area contributed by atoms with Gasteiger partial charge in [-0.1, -0.05) is 30.3 Å². The van der Waals surface area contributed by atoms with Gasteiger partial charge in [0.2, 0.25) is 0 Å². The normalized spacial score (nSPS) is 13.4. The Kier molecular flexibility index (Phi) is 7.27. The fraction of sp³-hybridized carbons (Fsp3) is 0.269. The Morgan fingerprint density at radius 1 is 1.00 bits per heavy atom. The van der Waals surface area contributed by atoms with Crippen LogP contribution in [0.5, 0.6) is 5.75 Å². The standard InChI is InChI=1S/C26H28N4O4/c1-34-23-10-7-21(8-11-23)26(31)29-17-15-28(16-18-29)22-9-12-25(30(32)33)24(19-22)27-14-13-20-5-3-2-4-6-20/h2-12,19,27H,13-18H2,1H3. The first kappa shape index (κ1) is 23.1. The maximum absolute atomic E-state index is 12.8. The smallest absolute Gasteiger partial charge is 0.292 e. The first-order valence-corrected chi connectivity index (χ1v) is 11.3. The van der Waals surface area contributed by atoms with Crippen LogP contribution in [0.3, 0.4) is 0 Å². The topological polar surface area (TPSA) is 88.0 Å². The molecule has 176 valence electrons. The van der Waals surface area contributed by atoms with Crippen LogP contribution in [-0.4, -0.2) is 55.6 Å². The van der Waals surface area contributed by atoms with E-state index < -0.39 is 0 Å². The Morgan fingerprint density at radius 2 is 1.71 bits per heavy atom. The summed E-state index contributed by atoms with van der Waals surface area (Å²) in [5, 5.41) is 14.8. The van der Waals surface area contributed by atoms with E-state index in [1.807, 2.05) is 41.3 Å². The summed E-state index contributed by atoms with van der Waals surface area (Å²) in [5.41, 5.74) is 3.28. The van der Waals surface area contributed by atoms with Crippen molar-refractivity contribution in [2.75, 3.05) is 50.1 Å². The first-order chi connectivity index (χ1) is 16.5. The average Bonchev–Trinajstić information content (AvgIpc) is 2.89. The number of carbonyl (C=O) groups excluding carboxylic acids is 1. The SMILES string of the molecule is COc1ccc(C(=O)N2CCN(c3ccc([N+](=O)[O-])c(NCCc4ccccc4)c3)CC2)cc1. The molecule has 0 atom stereocenters. The highest BCUT2D eigenvalue weighted by molar-refractivity contribution is 5.94. The number of nitrogens with one attached hydrogen (secondary N) is 1. The van der Waals surface area contributed by atoms with E-state index in [-0.39, 0.29) is 16.5 Å². The largest absolute Gasteiger partial charge is 0.497 e. The molecule has 8 heteroatoms. The summed E-state index contributed by atoms with van der Waals surface area (Å²) in [5.74, 6) is 0.710. The summed E-state index contributed by atoms with van der Waals surface area (Å²) < 4.78 is 5.16. The molecule has 4 rings (SSSR count). The van der Waals surface area contributed by atoms with Gasteiger partial charge in [0.15, 0.2) is 0 Å². The monoisotopic (exact) mass is 460 g/mol. The summed E-state index contributed by atoms with van der Waals surface area (Å²) in [7, 11) is 1.60. The molecule has 0 aromatic heterocycles. The predicted octanol–water partition coefficient (Wildman–Crippen LogP) is 4.22. The van der Waals surface area contributed by atoms with Gasteiger partial charge in [-0.3, -0.25) is 14.9 Å². The molecule has 1 aliphatic heterocycles. The van der Waals surface area contributed by atoms with Crippen molar-refractivity contribution in [3.8, 4) is 5.75 Å². The van der Waals surface area contributed by atoms with Crippen LogP contribution in [0, 0.1) is 10.1 Å². The van der Waals surface area contributed by atoms with Crippen LogP contribution in [0.4, 0.5) is 17.1 Å². The van der Waals surface area contributed by atoms with Crippen molar-refractivity contribution in [1.82, 2.24) is 4.90 Å². The number of carbonyl (C=O) groups is 1. The molecule has 0 spiro atoms. The molecule has 0 unspecified atom stereocenters. The maximum Gasteiger partial charge on any atom is 0.292 e. The molecule has 1 aliphatic rings. The van der Waals surface area contributed by atoms with Gasteiger partial charge >= 0.3 is 0 Å². The average molecular weight is 461 g/mol. The number of benzene rings is 3. The van der Waals surface area contributed by atoms with Gasteiger partial charge in [-0.2, -0.15) is 0 Å². The molecule has 1 N–H and O–H groups in total. The fourth-order valence-corrected chi connectivity index (χ4v) is 4.09. The van der Waals surface area contributed by atoms with Crippen molar-refractivity contribution < 1.29 is 14.5 Å². The summed E-state index contributed by atoms with van der Waals surface area (Å²) in [6, 6.07) is 22.3. The third-order valence-corrected chi connectivity index (χ3v) is 6.02. The van der Waals surface area contributed by atoms with Crippen LogP contribution in [-0.2, 0) is 6.42 Å². The third-order valence-electron chi connectivity index (χ3n) is 6.02. The van der Waals surface area contributed by atoms with Gasteiger partial charge in [0.1, 0.15) is 11.4 Å². The number of nitro benzene ring substituents is 1. The number of anilines is 2. The number of ether oxygens (including phenoxy) is 1. The zero-order valence-corrected chi connectivity index (χ0v) is 19.1. The van der Waals surface area contributed by atoms with Crippen LogP contribution in [0.25, 0.3) is 0 Å². The molecule has 0 bridgehead atoms. The number of hydrogen-bond acceptors (Lipinski definition) is 6. The number of nitro groups is 1. The molecule has 8 nitrogen and oxygen atoms in total. The van der Waals surface area contributed by atoms with Crippen LogP contribution in [0.2, 0.25) is 0 Å². The molecule has 1 amide bonds. The molecule has 0 aliphatic carbocycles. The highest BCUT2D eigenvalue weighted by atomic mass is 16.6. The molecule has 34 heavy (non-hydrogen) atoms. The second-order valence-electron chi connectivity index (χ2n) is 8.13. The van der Waals surface area contributed by atoms with Gasteiger partial charge in [0, 0.05) is 50.0 Å². The summed E-state index contributed by atoms with van der Waals surface area (Å²) >= 11 is 0. The summed E-state index contributed by atoms with van der Waals surface area (Å²) in [4.78, 5) is 28.0. The molecule has 3 aromatic rings. The van der Waals surface area contributed by atoms with E-state index in [2.05, 4.69) is 10.2 Å². The molecular weight excluding hydrogens is 432 g/mol. The third kappa shape index (κ3) is 5.46. The van der Waals surface area contributed by atoms with Crippen molar-refractivity contribution in [2.45, 2.75) is 6.42 Å². The van der Waals surface area contributed by atoms with Crippen molar-refractivity contribution in [3.05, 3.63) is 94.0 Å². The Morgan fingerprint density at radius 3 is 2.35 bits per heavy atom. The number of hydrogen-bond donors (Lipinski definition) is 1. The lowest BCUT2D eigenvalue weighted by molar-refractivity contribution is -0.383. The maximum atomic E-state index is 12.8. The lowest BCUT2D eigenvalue weighted by Gasteiger charge is -2.36. The van der Waals surface area contributed by atoms with Crippen LogP contribution in [0.1, 0.15) is 15.9 Å². The Hall–Kier alpha value is -4.07. The van der Waals surface area contributed by atoms with Gasteiger partial charge in [0.25, 0.3) is 11.6 Å². The molecular formula is C26H28N4O4. The predicted molar refractivity (Wildman–Crippen MR) is 133 cm³/mol. The molecule has 1 heterocycles. The second-order valence-corrected chi connectivity index (χ2v) is 8.13. The molecule has 1 saturated heterocycles. The number of piperazine rings is 1. The highest BCUT2D eigenvalue weighted by Crippen LogP contribution is 2.30. The Bertz CT molecular complexity index is 1130. The first-order valence-electron chi connectivity index (χ1n) is 11.3. The van der Waals surface area contributed by atoms with E-state index in [1.54, 1.807) is 43.5 Å². The van der Waals surface area contributed by atoms with Gasteiger partial charge < -0.3 is 19.9 Å². The summed E-state index contributed by atoms with van der Waals surface area (Å²) in [6.07, 6.45) is 0.772. The van der Waals surface area contributed by atoms with E-state index in [0.29, 0.717) is 49.7 Å². The number of nitrogens with zero attached hydrogens (tertiary/aromatic N) is 3. The zero-order valence-electron chi connectivity index (χ0n) is 19.1. The van der Waals surface area contributed by atoms with Crippen molar-refractivity contribution in [3.63, 3.8) is 0 Å². The highest BCUT2D eigenvalue weighted by Gasteiger charge is 2.24. The van der Waals surface area contributed by atoms with Gasteiger partial charge in [-0.25, -0.2) is 0 Å². The lowest BCUT2D eigenvalue weighted by atomic mass is 10.1. The molecule has 0 saturated carbocycles. The Labute approximate surface area is 198 Å². The van der Waals surface area contributed by atoms with Crippen LogP contribution < -0.4 is 15.0 Å². The number of amides is 1. The van der Waals surface area contributed by atoms with E-state index >= 15 is 0 Å². The van der Waals surface area contributed by atoms with Crippen LogP contribution in [0.15, 0.2) is 72.8 Å². The molecule has 3 aromatic carbocycles. The minimum Gasteiger partial charge on any atom is -0.497 e. The lowest BCUT2D eigenvalue weighted by Crippen LogP contribution is -2.48. The van der Waals surface area contributed by atoms with E-state index in [1.165, 1.54) is 5.56 Å². The van der Waals surface area contributed by atoms with Crippen molar-refractivity contribution in [2.24, 2.45) is 0 Å².